The number of ether oxygens (including phenoxy) is 2. The van der Waals surface area contributed by atoms with E-state index in [9.17, 15) is 25.2 Å². The van der Waals surface area contributed by atoms with Gasteiger partial charge in [-0.05, 0) is 26.0 Å². The second-order valence-corrected chi connectivity index (χ2v) is 5.91. The maximum absolute atomic E-state index is 12.2. The number of nitriles is 2. The number of hydrogen-bond donors (Lipinski definition) is 1. The van der Waals surface area contributed by atoms with Crippen LogP contribution in [0.25, 0.3) is 0 Å². The summed E-state index contributed by atoms with van der Waals surface area (Å²) in [5, 5.41) is 29.2. The third-order valence-electron chi connectivity index (χ3n) is 3.49. The monoisotopic (exact) mass is 398 g/mol. The molecule has 0 saturated carbocycles. The van der Waals surface area contributed by atoms with E-state index in [2.05, 4.69) is 0 Å². The number of phenols is 1. The Labute approximate surface area is 160 Å². The zero-order valence-corrected chi connectivity index (χ0v) is 15.5. The highest BCUT2D eigenvalue weighted by Gasteiger charge is 2.43. The lowest BCUT2D eigenvalue weighted by Gasteiger charge is -2.25. The SMILES string of the molecule is CCOC(=O)C(C#N)C(c1cc(Cl)cc(Cl)c1O)C(C#N)C(=O)OCC. The number of rotatable bonds is 7. The van der Waals surface area contributed by atoms with Gasteiger partial charge in [-0.15, -0.1) is 0 Å². The molecule has 0 aliphatic carbocycles. The van der Waals surface area contributed by atoms with Crippen LogP contribution in [-0.4, -0.2) is 30.3 Å². The molecule has 0 bridgehead atoms. The smallest absolute Gasteiger partial charge is 0.324 e. The number of phenolic OH excluding ortho intramolecular Hbond substituents is 1. The van der Waals surface area contributed by atoms with E-state index < -0.39 is 35.4 Å². The summed E-state index contributed by atoms with van der Waals surface area (Å²) in [6.07, 6.45) is 0. The van der Waals surface area contributed by atoms with Crippen LogP contribution in [-0.2, 0) is 19.1 Å². The van der Waals surface area contributed by atoms with E-state index in [0.29, 0.717) is 0 Å². The van der Waals surface area contributed by atoms with Crippen molar-refractivity contribution in [1.82, 2.24) is 0 Å². The highest BCUT2D eigenvalue weighted by molar-refractivity contribution is 6.35. The average molecular weight is 399 g/mol. The molecule has 2 atom stereocenters. The van der Waals surface area contributed by atoms with Crippen LogP contribution in [0.4, 0.5) is 0 Å². The van der Waals surface area contributed by atoms with Crippen molar-refractivity contribution in [3.05, 3.63) is 27.7 Å². The van der Waals surface area contributed by atoms with Gasteiger partial charge in [-0.25, -0.2) is 0 Å². The lowest BCUT2D eigenvalue weighted by Crippen LogP contribution is -2.33. The minimum absolute atomic E-state index is 0.0113. The summed E-state index contributed by atoms with van der Waals surface area (Å²) in [6.45, 7) is 3.07. The minimum atomic E-state index is -1.57. The predicted octanol–water partition coefficient (Wildman–Crippen LogP) is 3.19. The van der Waals surface area contributed by atoms with Gasteiger partial charge in [0.05, 0.1) is 30.4 Å². The molecule has 26 heavy (non-hydrogen) atoms. The molecule has 1 aromatic rings. The number of benzene rings is 1. The van der Waals surface area contributed by atoms with E-state index in [0.717, 1.165) is 0 Å². The summed E-state index contributed by atoms with van der Waals surface area (Å²) in [5.41, 5.74) is -0.0956. The molecule has 138 valence electrons. The van der Waals surface area contributed by atoms with Crippen molar-refractivity contribution in [2.45, 2.75) is 19.8 Å². The van der Waals surface area contributed by atoms with Gasteiger partial charge in [-0.3, -0.25) is 9.59 Å². The van der Waals surface area contributed by atoms with Crippen molar-refractivity contribution in [1.29, 1.82) is 10.5 Å². The number of carbonyl (C=O) groups excluding carboxylic acids is 2. The number of hydrogen-bond acceptors (Lipinski definition) is 7. The Morgan fingerprint density at radius 1 is 1.08 bits per heavy atom. The molecule has 0 fully saturated rings. The van der Waals surface area contributed by atoms with Gasteiger partial charge in [0, 0.05) is 16.5 Å². The van der Waals surface area contributed by atoms with Gasteiger partial charge in [-0.1, -0.05) is 23.2 Å². The zero-order valence-electron chi connectivity index (χ0n) is 14.0. The van der Waals surface area contributed by atoms with Crippen molar-refractivity contribution in [2.75, 3.05) is 13.2 Å². The number of aromatic hydroxyl groups is 1. The Morgan fingerprint density at radius 2 is 1.54 bits per heavy atom. The van der Waals surface area contributed by atoms with Crippen LogP contribution in [0.3, 0.4) is 0 Å². The Bertz CT molecular complexity index is 734. The number of carbonyl (C=O) groups is 2. The molecule has 0 aliphatic heterocycles. The van der Waals surface area contributed by atoms with E-state index in [1.54, 1.807) is 26.0 Å². The third kappa shape index (κ3) is 4.78. The molecule has 0 heterocycles. The summed E-state index contributed by atoms with van der Waals surface area (Å²) in [6, 6.07) is 5.95. The molecule has 9 heteroatoms. The van der Waals surface area contributed by atoms with Gasteiger partial charge in [0.15, 0.2) is 11.8 Å². The Hall–Kier alpha value is -2.48. The zero-order chi connectivity index (χ0) is 19.9. The summed E-state index contributed by atoms with van der Waals surface area (Å²) in [7, 11) is 0. The molecule has 2 unspecified atom stereocenters. The summed E-state index contributed by atoms with van der Waals surface area (Å²) < 4.78 is 9.72. The number of halogens is 2. The highest BCUT2D eigenvalue weighted by atomic mass is 35.5. The van der Waals surface area contributed by atoms with Crippen molar-refractivity contribution in [3.63, 3.8) is 0 Å². The fraction of sp³-hybridized carbons (Fsp3) is 0.412. The van der Waals surface area contributed by atoms with Gasteiger partial charge in [0.2, 0.25) is 0 Å². The normalized spacial score (nSPS) is 13.6. The lowest BCUT2D eigenvalue weighted by atomic mass is 9.77. The van der Waals surface area contributed by atoms with Crippen LogP contribution < -0.4 is 0 Å². The summed E-state index contributed by atoms with van der Waals surface area (Å²) in [4.78, 5) is 24.4. The molecule has 1 aromatic carbocycles. The van der Waals surface area contributed by atoms with Gasteiger partial charge in [-0.2, -0.15) is 10.5 Å². The maximum atomic E-state index is 12.2. The molecule has 0 spiro atoms. The van der Waals surface area contributed by atoms with Crippen LogP contribution in [0.5, 0.6) is 5.75 Å². The van der Waals surface area contributed by atoms with Crippen LogP contribution in [0.1, 0.15) is 25.3 Å². The molecule has 1 N–H and O–H groups in total. The molecule has 1 rings (SSSR count). The van der Waals surface area contributed by atoms with Crippen LogP contribution >= 0.6 is 23.2 Å². The number of nitrogens with zero attached hydrogens (tertiary/aromatic N) is 2. The second kappa shape index (κ2) is 9.86. The molecule has 7 nitrogen and oxygen atoms in total. The first-order valence-corrected chi connectivity index (χ1v) is 8.38. The highest BCUT2D eigenvalue weighted by Crippen LogP contribution is 2.42. The third-order valence-corrected chi connectivity index (χ3v) is 4.00. The first-order chi connectivity index (χ1) is 12.3. The van der Waals surface area contributed by atoms with Gasteiger partial charge >= 0.3 is 11.9 Å². The van der Waals surface area contributed by atoms with E-state index >= 15 is 0 Å². The number of esters is 2. The van der Waals surface area contributed by atoms with E-state index in [1.165, 1.54) is 12.1 Å². The fourth-order valence-electron chi connectivity index (χ4n) is 2.41. The predicted molar refractivity (Wildman–Crippen MR) is 92.3 cm³/mol. The largest absolute Gasteiger partial charge is 0.506 e. The van der Waals surface area contributed by atoms with Gasteiger partial charge < -0.3 is 14.6 Å². The first-order valence-electron chi connectivity index (χ1n) is 7.62. The topological polar surface area (TPSA) is 120 Å². The molecular weight excluding hydrogens is 383 g/mol. The Morgan fingerprint density at radius 3 is 1.92 bits per heavy atom. The van der Waals surface area contributed by atoms with E-state index in [4.69, 9.17) is 32.7 Å². The van der Waals surface area contributed by atoms with Crippen molar-refractivity contribution in [3.8, 4) is 17.9 Å². The Balaban J connectivity index is 3.62. The van der Waals surface area contributed by atoms with Crippen LogP contribution in [0, 0.1) is 34.5 Å². The van der Waals surface area contributed by atoms with Crippen LogP contribution in [0.2, 0.25) is 10.0 Å². The van der Waals surface area contributed by atoms with Crippen molar-refractivity contribution >= 4 is 35.1 Å². The van der Waals surface area contributed by atoms with E-state index in [1.807, 2.05) is 0 Å². The second-order valence-electron chi connectivity index (χ2n) is 5.07. The maximum Gasteiger partial charge on any atom is 0.324 e. The quantitative estimate of drug-likeness (QED) is 0.699. The molecule has 0 amide bonds. The van der Waals surface area contributed by atoms with Gasteiger partial charge in [0.1, 0.15) is 5.75 Å². The first kappa shape index (κ1) is 21.6. The molecule has 0 saturated heterocycles. The lowest BCUT2D eigenvalue weighted by molar-refractivity contribution is -0.150. The van der Waals surface area contributed by atoms with Crippen molar-refractivity contribution < 1.29 is 24.2 Å². The average Bonchev–Trinajstić information content (AvgIpc) is 2.58. The van der Waals surface area contributed by atoms with Crippen molar-refractivity contribution in [2.24, 2.45) is 11.8 Å². The van der Waals surface area contributed by atoms with Crippen LogP contribution in [0.15, 0.2) is 12.1 Å². The molecule has 0 aromatic heterocycles. The summed E-state index contributed by atoms with van der Waals surface area (Å²) >= 11 is 11.9. The molecular formula is C17H16Cl2N2O5. The molecule has 0 aliphatic rings. The standard InChI is InChI=1S/C17H16Cl2N2O5/c1-3-25-16(23)11(7-20)14(12(8-21)17(24)26-4-2)10-5-9(18)6-13(19)15(10)22/h5-6,11-12,14,22H,3-4H2,1-2H3. The summed E-state index contributed by atoms with van der Waals surface area (Å²) in [5.74, 6) is -6.90. The molecule has 0 radical (unpaired) electrons. The van der Waals surface area contributed by atoms with Gasteiger partial charge in [0.25, 0.3) is 0 Å². The fourth-order valence-corrected chi connectivity index (χ4v) is 2.92. The Kier molecular flexibility index (Phi) is 8.18. The van der Waals surface area contributed by atoms with E-state index in [-0.39, 0.29) is 28.8 Å². The minimum Gasteiger partial charge on any atom is -0.506 e.